The molecule has 0 amide bonds. The highest BCUT2D eigenvalue weighted by Crippen LogP contribution is 2.30. The first-order valence-corrected chi connectivity index (χ1v) is 6.80. The van der Waals surface area contributed by atoms with E-state index in [0.717, 1.165) is 10.0 Å². The van der Waals surface area contributed by atoms with Crippen molar-refractivity contribution in [3.63, 3.8) is 0 Å². The van der Waals surface area contributed by atoms with Gasteiger partial charge in [0.15, 0.2) is 11.6 Å². The Bertz CT molecular complexity index is 574. The summed E-state index contributed by atoms with van der Waals surface area (Å²) < 4.78 is 20.0. The molecule has 19 heavy (non-hydrogen) atoms. The van der Waals surface area contributed by atoms with Crippen molar-refractivity contribution in [3.05, 3.63) is 58.3 Å². The van der Waals surface area contributed by atoms with Crippen LogP contribution in [0, 0.1) is 5.82 Å². The third-order valence-corrected chi connectivity index (χ3v) is 3.62. The van der Waals surface area contributed by atoms with Gasteiger partial charge >= 0.3 is 0 Å². The van der Waals surface area contributed by atoms with Crippen molar-refractivity contribution in [2.45, 2.75) is 13.0 Å². The van der Waals surface area contributed by atoms with Gasteiger partial charge in [-0.1, -0.05) is 34.1 Å². The Hall–Kier alpha value is -1.39. The van der Waals surface area contributed by atoms with Gasteiger partial charge in [0, 0.05) is 10.5 Å². The van der Waals surface area contributed by atoms with Crippen molar-refractivity contribution in [1.29, 1.82) is 0 Å². The molecule has 2 aromatic rings. The third-order valence-electron chi connectivity index (χ3n) is 2.94. The van der Waals surface area contributed by atoms with Crippen molar-refractivity contribution in [1.82, 2.24) is 5.32 Å². The van der Waals surface area contributed by atoms with Gasteiger partial charge in [-0.15, -0.1) is 0 Å². The highest BCUT2D eigenvalue weighted by Gasteiger charge is 2.09. The maximum absolute atomic E-state index is 13.5. The molecular formula is C15H15BrFNO. The zero-order valence-corrected chi connectivity index (χ0v) is 12.4. The number of hydrogen-bond donors (Lipinski definition) is 1. The summed E-state index contributed by atoms with van der Waals surface area (Å²) in [6, 6.07) is 12.2. The van der Waals surface area contributed by atoms with Crippen LogP contribution in [0.25, 0.3) is 0 Å². The van der Waals surface area contributed by atoms with Gasteiger partial charge in [-0.05, 0) is 43.8 Å². The van der Waals surface area contributed by atoms with E-state index in [-0.39, 0.29) is 17.6 Å². The summed E-state index contributed by atoms with van der Waals surface area (Å²) in [5.41, 5.74) is 1.13. The highest BCUT2D eigenvalue weighted by atomic mass is 79.9. The van der Waals surface area contributed by atoms with Crippen LogP contribution in [0.15, 0.2) is 46.9 Å². The molecule has 0 aliphatic carbocycles. The average molecular weight is 324 g/mol. The smallest absolute Gasteiger partial charge is 0.165 e. The Morgan fingerprint density at radius 1 is 1.21 bits per heavy atom. The quantitative estimate of drug-likeness (QED) is 0.883. The summed E-state index contributed by atoms with van der Waals surface area (Å²) in [6.07, 6.45) is 0. The minimum Gasteiger partial charge on any atom is -0.454 e. The molecule has 0 spiro atoms. The van der Waals surface area contributed by atoms with Gasteiger partial charge in [-0.2, -0.15) is 0 Å². The largest absolute Gasteiger partial charge is 0.454 e. The molecule has 1 atom stereocenters. The zero-order valence-electron chi connectivity index (χ0n) is 10.8. The Balaban J connectivity index is 2.24. The standard InChI is InChI=1S/C15H15BrFNO/c1-10(18-2)12-8-7-11(9-13(12)16)19-15-6-4-3-5-14(15)17/h3-10,18H,1-2H3. The number of nitrogens with one attached hydrogen (secondary N) is 1. The average Bonchev–Trinajstić information content (AvgIpc) is 2.41. The normalized spacial score (nSPS) is 12.2. The molecule has 2 rings (SSSR count). The van der Waals surface area contributed by atoms with Gasteiger partial charge in [0.25, 0.3) is 0 Å². The van der Waals surface area contributed by atoms with Crippen LogP contribution in [0.5, 0.6) is 11.5 Å². The summed E-state index contributed by atoms with van der Waals surface area (Å²) in [5.74, 6) is 0.458. The molecule has 0 heterocycles. The maximum Gasteiger partial charge on any atom is 0.165 e. The van der Waals surface area contributed by atoms with E-state index >= 15 is 0 Å². The number of para-hydroxylation sites is 1. The van der Waals surface area contributed by atoms with Gasteiger partial charge in [0.05, 0.1) is 0 Å². The van der Waals surface area contributed by atoms with Crippen molar-refractivity contribution in [2.75, 3.05) is 7.05 Å². The maximum atomic E-state index is 13.5. The van der Waals surface area contributed by atoms with Crippen LogP contribution in [-0.2, 0) is 0 Å². The van der Waals surface area contributed by atoms with E-state index in [4.69, 9.17) is 4.74 Å². The lowest BCUT2D eigenvalue weighted by Gasteiger charge is -2.14. The first-order valence-electron chi connectivity index (χ1n) is 6.01. The predicted molar refractivity (Wildman–Crippen MR) is 78.1 cm³/mol. The summed E-state index contributed by atoms with van der Waals surface area (Å²) in [5, 5.41) is 3.17. The van der Waals surface area contributed by atoms with Crippen LogP contribution in [-0.4, -0.2) is 7.05 Å². The fourth-order valence-corrected chi connectivity index (χ4v) is 2.43. The molecule has 4 heteroatoms. The Labute approximate surface area is 120 Å². The topological polar surface area (TPSA) is 21.3 Å². The molecule has 0 fully saturated rings. The van der Waals surface area contributed by atoms with E-state index in [2.05, 4.69) is 28.2 Å². The monoisotopic (exact) mass is 323 g/mol. The van der Waals surface area contributed by atoms with Gasteiger partial charge in [-0.25, -0.2) is 4.39 Å². The second-order valence-electron chi connectivity index (χ2n) is 4.23. The predicted octanol–water partition coefficient (Wildman–Crippen LogP) is 4.66. The Morgan fingerprint density at radius 2 is 1.95 bits per heavy atom. The van der Waals surface area contributed by atoms with E-state index in [1.165, 1.54) is 6.07 Å². The van der Waals surface area contributed by atoms with Crippen LogP contribution in [0.3, 0.4) is 0 Å². The van der Waals surface area contributed by atoms with Crippen molar-refractivity contribution in [2.24, 2.45) is 0 Å². The number of benzene rings is 2. The summed E-state index contributed by atoms with van der Waals surface area (Å²) in [6.45, 7) is 2.07. The van der Waals surface area contributed by atoms with Crippen LogP contribution in [0.1, 0.15) is 18.5 Å². The third kappa shape index (κ3) is 3.33. The van der Waals surface area contributed by atoms with E-state index in [9.17, 15) is 4.39 Å². The molecule has 0 saturated heterocycles. The lowest BCUT2D eigenvalue weighted by Crippen LogP contribution is -2.12. The van der Waals surface area contributed by atoms with E-state index in [1.807, 2.05) is 25.2 Å². The van der Waals surface area contributed by atoms with Crippen LogP contribution >= 0.6 is 15.9 Å². The fourth-order valence-electron chi connectivity index (χ4n) is 1.73. The number of rotatable bonds is 4. The van der Waals surface area contributed by atoms with Gasteiger partial charge in [0.2, 0.25) is 0 Å². The first-order chi connectivity index (χ1) is 9.11. The molecule has 0 aliphatic heterocycles. The van der Waals surface area contributed by atoms with E-state index in [0.29, 0.717) is 5.75 Å². The van der Waals surface area contributed by atoms with Crippen LogP contribution in [0.4, 0.5) is 4.39 Å². The first kappa shape index (κ1) is 14.0. The van der Waals surface area contributed by atoms with Crippen molar-refractivity contribution in [3.8, 4) is 11.5 Å². The number of ether oxygens (including phenoxy) is 1. The molecular weight excluding hydrogens is 309 g/mol. The summed E-state index contributed by atoms with van der Waals surface area (Å²) >= 11 is 3.51. The van der Waals surface area contributed by atoms with Gasteiger partial charge in [-0.3, -0.25) is 0 Å². The molecule has 100 valence electrons. The molecule has 2 aromatic carbocycles. The van der Waals surface area contributed by atoms with Crippen LogP contribution < -0.4 is 10.1 Å². The molecule has 0 aliphatic rings. The van der Waals surface area contributed by atoms with Crippen LogP contribution in [0.2, 0.25) is 0 Å². The second kappa shape index (κ2) is 6.17. The minimum absolute atomic E-state index is 0.226. The van der Waals surface area contributed by atoms with Gasteiger partial charge in [0.1, 0.15) is 5.75 Å². The molecule has 0 saturated carbocycles. The molecule has 0 bridgehead atoms. The minimum atomic E-state index is -0.369. The van der Waals surface area contributed by atoms with Crippen molar-refractivity contribution >= 4 is 15.9 Å². The Kier molecular flexibility index (Phi) is 4.56. The summed E-state index contributed by atoms with van der Waals surface area (Å²) in [4.78, 5) is 0. The molecule has 1 N–H and O–H groups in total. The Morgan fingerprint density at radius 3 is 2.58 bits per heavy atom. The van der Waals surface area contributed by atoms with Crippen molar-refractivity contribution < 1.29 is 9.13 Å². The van der Waals surface area contributed by atoms with E-state index < -0.39 is 0 Å². The number of halogens is 2. The molecule has 0 aromatic heterocycles. The molecule has 0 radical (unpaired) electrons. The van der Waals surface area contributed by atoms with Gasteiger partial charge < -0.3 is 10.1 Å². The lowest BCUT2D eigenvalue weighted by molar-refractivity contribution is 0.441. The number of hydrogen-bond acceptors (Lipinski definition) is 2. The molecule has 1 unspecified atom stereocenters. The molecule has 2 nitrogen and oxygen atoms in total. The summed E-state index contributed by atoms with van der Waals surface area (Å²) in [7, 11) is 1.90. The fraction of sp³-hybridized carbons (Fsp3) is 0.200. The highest BCUT2D eigenvalue weighted by molar-refractivity contribution is 9.10. The second-order valence-corrected chi connectivity index (χ2v) is 5.08. The SMILES string of the molecule is CNC(C)c1ccc(Oc2ccccc2F)cc1Br. The van der Waals surface area contributed by atoms with E-state index in [1.54, 1.807) is 18.2 Å². The zero-order chi connectivity index (χ0) is 13.8. The lowest BCUT2D eigenvalue weighted by atomic mass is 10.1.